The second kappa shape index (κ2) is 6.18. The Morgan fingerprint density at radius 3 is 2.70 bits per heavy atom. The summed E-state index contributed by atoms with van der Waals surface area (Å²) in [5, 5.41) is 4.76. The lowest BCUT2D eigenvalue weighted by atomic mass is 9.95. The zero-order valence-electron chi connectivity index (χ0n) is 13.0. The van der Waals surface area contributed by atoms with Gasteiger partial charge in [0, 0.05) is 25.2 Å². The first-order chi connectivity index (χ1) is 9.63. The second-order valence-corrected chi connectivity index (χ2v) is 7.72. The van der Waals surface area contributed by atoms with Crippen LogP contribution in [0.1, 0.15) is 44.9 Å². The lowest BCUT2D eigenvalue weighted by Crippen LogP contribution is -2.54. The number of fused-ring (bicyclic) bond motifs is 2. The summed E-state index contributed by atoms with van der Waals surface area (Å²) in [6, 6.07) is 1.28. The molecule has 1 saturated heterocycles. The fourth-order valence-corrected chi connectivity index (χ4v) is 4.93. The molecule has 2 saturated carbocycles. The average molecular weight is 295 g/mol. The molecule has 2 aliphatic carbocycles. The molecule has 3 nitrogen and oxygen atoms in total. The molecule has 0 spiro atoms. The molecule has 3 aliphatic rings. The van der Waals surface area contributed by atoms with Crippen LogP contribution >= 0.6 is 12.2 Å². The first-order valence-electron chi connectivity index (χ1n) is 8.35. The van der Waals surface area contributed by atoms with E-state index in [1.165, 1.54) is 44.9 Å². The molecule has 0 unspecified atom stereocenters. The molecule has 4 heteroatoms. The summed E-state index contributed by atoms with van der Waals surface area (Å²) < 4.78 is 0. The smallest absolute Gasteiger partial charge is 0.169 e. The maximum atomic E-state index is 5.75. The van der Waals surface area contributed by atoms with Crippen molar-refractivity contribution in [2.75, 3.05) is 27.2 Å². The van der Waals surface area contributed by atoms with Crippen molar-refractivity contribution in [1.82, 2.24) is 15.1 Å². The topological polar surface area (TPSA) is 18.5 Å². The highest BCUT2D eigenvalue weighted by Gasteiger charge is 2.40. The van der Waals surface area contributed by atoms with Crippen LogP contribution in [-0.2, 0) is 0 Å². The number of nitrogens with one attached hydrogen (secondary N) is 1. The number of likely N-dealkylation sites (tertiary alicyclic amines) is 1. The standard InChI is InChI=1S/C16H29N3S/c1-18(2)11-14-5-3-4-8-19(14)16(20)17-15-10-12-6-7-13(15)9-12/h12-15H,3-11H2,1-2H3,(H,17,20)/t12-,13-,14-,15-/m0/s1. The van der Waals surface area contributed by atoms with Crippen molar-refractivity contribution in [2.45, 2.75) is 57.0 Å². The lowest BCUT2D eigenvalue weighted by Gasteiger charge is -2.40. The Hall–Kier alpha value is -0.350. The van der Waals surface area contributed by atoms with Crippen molar-refractivity contribution in [3.8, 4) is 0 Å². The van der Waals surface area contributed by atoms with Crippen LogP contribution in [0.5, 0.6) is 0 Å². The summed E-state index contributed by atoms with van der Waals surface area (Å²) in [5.41, 5.74) is 0. The van der Waals surface area contributed by atoms with Crippen LogP contribution in [0.4, 0.5) is 0 Å². The van der Waals surface area contributed by atoms with Gasteiger partial charge in [0.2, 0.25) is 0 Å². The molecule has 0 aromatic rings. The molecular formula is C16H29N3S. The molecule has 20 heavy (non-hydrogen) atoms. The molecule has 0 radical (unpaired) electrons. The van der Waals surface area contributed by atoms with Gasteiger partial charge >= 0.3 is 0 Å². The SMILES string of the molecule is CN(C)C[C@@H]1CCCCN1C(=S)N[C@H]1C[C@H]2CC[C@H]1C2. The van der Waals surface area contributed by atoms with Crippen molar-refractivity contribution in [3.05, 3.63) is 0 Å². The summed E-state index contributed by atoms with van der Waals surface area (Å²) in [6.07, 6.45) is 9.62. The van der Waals surface area contributed by atoms with E-state index >= 15 is 0 Å². The van der Waals surface area contributed by atoms with E-state index in [0.29, 0.717) is 12.1 Å². The minimum Gasteiger partial charge on any atom is -0.360 e. The number of hydrogen-bond donors (Lipinski definition) is 1. The number of piperidine rings is 1. The molecule has 2 bridgehead atoms. The van der Waals surface area contributed by atoms with Gasteiger partial charge in [0.15, 0.2) is 5.11 Å². The minimum absolute atomic E-state index is 0.609. The summed E-state index contributed by atoms with van der Waals surface area (Å²) >= 11 is 5.75. The first-order valence-corrected chi connectivity index (χ1v) is 8.76. The van der Waals surface area contributed by atoms with Gasteiger partial charge in [-0.1, -0.05) is 6.42 Å². The monoisotopic (exact) mass is 295 g/mol. The Balaban J connectivity index is 1.57. The van der Waals surface area contributed by atoms with Crippen molar-refractivity contribution in [1.29, 1.82) is 0 Å². The fraction of sp³-hybridized carbons (Fsp3) is 0.938. The van der Waals surface area contributed by atoms with E-state index in [1.807, 2.05) is 0 Å². The third-order valence-corrected chi connectivity index (χ3v) is 5.86. The number of likely N-dealkylation sites (N-methyl/N-ethyl adjacent to an activating group) is 1. The molecule has 114 valence electrons. The van der Waals surface area contributed by atoms with Gasteiger partial charge in [0.1, 0.15) is 0 Å². The van der Waals surface area contributed by atoms with Crippen LogP contribution in [0.2, 0.25) is 0 Å². The molecule has 0 amide bonds. The van der Waals surface area contributed by atoms with Crippen LogP contribution in [0, 0.1) is 11.8 Å². The maximum Gasteiger partial charge on any atom is 0.169 e. The Morgan fingerprint density at radius 1 is 1.20 bits per heavy atom. The lowest BCUT2D eigenvalue weighted by molar-refractivity contribution is 0.190. The van der Waals surface area contributed by atoms with E-state index in [9.17, 15) is 0 Å². The van der Waals surface area contributed by atoms with Gasteiger partial charge in [0.05, 0.1) is 0 Å². The van der Waals surface area contributed by atoms with E-state index in [1.54, 1.807) is 0 Å². The highest BCUT2D eigenvalue weighted by Crippen LogP contribution is 2.44. The largest absolute Gasteiger partial charge is 0.360 e. The Morgan fingerprint density at radius 2 is 2.05 bits per heavy atom. The van der Waals surface area contributed by atoms with Gasteiger partial charge in [0.25, 0.3) is 0 Å². The summed E-state index contributed by atoms with van der Waals surface area (Å²) in [4.78, 5) is 4.77. The van der Waals surface area contributed by atoms with Gasteiger partial charge in [-0.3, -0.25) is 0 Å². The molecule has 0 aromatic carbocycles. The van der Waals surface area contributed by atoms with Gasteiger partial charge in [-0.2, -0.15) is 0 Å². The Kier molecular flexibility index (Phi) is 4.51. The number of thiocarbonyl (C=S) groups is 1. The molecule has 1 heterocycles. The Labute approximate surface area is 129 Å². The highest BCUT2D eigenvalue weighted by molar-refractivity contribution is 7.80. The van der Waals surface area contributed by atoms with Crippen molar-refractivity contribution < 1.29 is 0 Å². The third-order valence-electron chi connectivity index (χ3n) is 5.51. The van der Waals surface area contributed by atoms with Crippen LogP contribution in [0.25, 0.3) is 0 Å². The molecule has 3 fully saturated rings. The molecule has 1 N–H and O–H groups in total. The van der Waals surface area contributed by atoms with Gasteiger partial charge < -0.3 is 15.1 Å². The average Bonchev–Trinajstić information content (AvgIpc) is 3.00. The van der Waals surface area contributed by atoms with E-state index in [-0.39, 0.29) is 0 Å². The first kappa shape index (κ1) is 14.6. The van der Waals surface area contributed by atoms with Crippen molar-refractivity contribution in [3.63, 3.8) is 0 Å². The van der Waals surface area contributed by atoms with Gasteiger partial charge in [-0.25, -0.2) is 0 Å². The molecular weight excluding hydrogens is 266 g/mol. The predicted molar refractivity (Wildman–Crippen MR) is 87.9 cm³/mol. The van der Waals surface area contributed by atoms with Gasteiger partial charge in [-0.05, 0) is 76.7 Å². The van der Waals surface area contributed by atoms with Crippen molar-refractivity contribution >= 4 is 17.3 Å². The molecule has 3 rings (SSSR count). The van der Waals surface area contributed by atoms with Crippen LogP contribution in [-0.4, -0.2) is 54.2 Å². The fourth-order valence-electron chi connectivity index (χ4n) is 4.54. The Bertz CT molecular complexity index is 358. The van der Waals surface area contributed by atoms with Crippen LogP contribution in [0.3, 0.4) is 0 Å². The highest BCUT2D eigenvalue weighted by atomic mass is 32.1. The zero-order valence-corrected chi connectivity index (χ0v) is 13.8. The molecule has 4 atom stereocenters. The number of rotatable bonds is 3. The van der Waals surface area contributed by atoms with E-state index < -0.39 is 0 Å². The van der Waals surface area contributed by atoms with E-state index in [0.717, 1.165) is 30.0 Å². The molecule has 1 aliphatic heterocycles. The van der Waals surface area contributed by atoms with Crippen LogP contribution in [0.15, 0.2) is 0 Å². The van der Waals surface area contributed by atoms with Crippen molar-refractivity contribution in [2.24, 2.45) is 11.8 Å². The number of hydrogen-bond acceptors (Lipinski definition) is 2. The third kappa shape index (κ3) is 3.11. The van der Waals surface area contributed by atoms with E-state index in [2.05, 4.69) is 29.2 Å². The van der Waals surface area contributed by atoms with E-state index in [4.69, 9.17) is 12.2 Å². The summed E-state index contributed by atoms with van der Waals surface area (Å²) in [7, 11) is 4.33. The van der Waals surface area contributed by atoms with Crippen LogP contribution < -0.4 is 5.32 Å². The summed E-state index contributed by atoms with van der Waals surface area (Å²) in [5.74, 6) is 1.88. The minimum atomic E-state index is 0.609. The quantitative estimate of drug-likeness (QED) is 0.806. The second-order valence-electron chi connectivity index (χ2n) is 7.34. The zero-order chi connectivity index (χ0) is 14.1. The summed E-state index contributed by atoms with van der Waals surface area (Å²) in [6.45, 7) is 2.27. The predicted octanol–water partition coefficient (Wildman–Crippen LogP) is 2.47. The maximum absolute atomic E-state index is 5.75. The normalized spacial score (nSPS) is 36.6. The molecule has 0 aromatic heterocycles. The van der Waals surface area contributed by atoms with Gasteiger partial charge in [-0.15, -0.1) is 0 Å². The number of nitrogens with zero attached hydrogens (tertiary/aromatic N) is 2.